The lowest BCUT2D eigenvalue weighted by Gasteiger charge is -2.13. The molecule has 0 aliphatic rings. The molecule has 2 heterocycles. The Morgan fingerprint density at radius 1 is 1.39 bits per heavy atom. The molecule has 0 fully saturated rings. The molecule has 0 spiro atoms. The molecule has 2 aromatic rings. The highest BCUT2D eigenvalue weighted by atomic mass is 15.3. The maximum Gasteiger partial charge on any atom is 0.0811 e. The molecule has 0 aliphatic carbocycles. The molecule has 1 unspecified atom stereocenters. The van der Waals surface area contributed by atoms with E-state index >= 15 is 0 Å². The maximum atomic E-state index is 5.62. The van der Waals surface area contributed by atoms with Gasteiger partial charge in [-0.25, -0.2) is 0 Å². The molecule has 2 rings (SSSR count). The monoisotopic (exact) mass is 248 g/mol. The Kier molecular flexibility index (Phi) is 3.78. The highest BCUT2D eigenvalue weighted by Crippen LogP contribution is 2.16. The van der Waals surface area contributed by atoms with Crippen LogP contribution in [0.4, 0.5) is 0 Å². The molecule has 0 saturated heterocycles. The minimum absolute atomic E-state index is 0.00584. The van der Waals surface area contributed by atoms with Gasteiger partial charge in [-0.1, -0.05) is 6.92 Å². The summed E-state index contributed by atoms with van der Waals surface area (Å²) in [5.74, 6) is 5.62. The predicted molar refractivity (Wildman–Crippen MR) is 69.6 cm³/mol. The van der Waals surface area contributed by atoms with Crippen LogP contribution < -0.4 is 11.3 Å². The first-order valence-electron chi connectivity index (χ1n) is 6.11. The molecule has 1 atom stereocenters. The zero-order valence-electron chi connectivity index (χ0n) is 11.1. The van der Waals surface area contributed by atoms with Crippen molar-refractivity contribution in [1.82, 2.24) is 25.0 Å². The quantitative estimate of drug-likeness (QED) is 0.595. The summed E-state index contributed by atoms with van der Waals surface area (Å²) in [4.78, 5) is 0. The van der Waals surface area contributed by atoms with Gasteiger partial charge in [-0.2, -0.15) is 10.2 Å². The molecule has 0 radical (unpaired) electrons. The van der Waals surface area contributed by atoms with Gasteiger partial charge < -0.3 is 0 Å². The summed E-state index contributed by atoms with van der Waals surface area (Å²) in [6.07, 6.45) is 3.63. The molecule has 0 amide bonds. The van der Waals surface area contributed by atoms with Crippen LogP contribution in [-0.2, 0) is 26.9 Å². The van der Waals surface area contributed by atoms with E-state index in [4.69, 9.17) is 5.84 Å². The Morgan fingerprint density at radius 2 is 2.17 bits per heavy atom. The van der Waals surface area contributed by atoms with Crippen molar-refractivity contribution in [1.29, 1.82) is 0 Å². The minimum atomic E-state index is 0.00584. The van der Waals surface area contributed by atoms with Gasteiger partial charge in [0.25, 0.3) is 0 Å². The van der Waals surface area contributed by atoms with E-state index in [9.17, 15) is 0 Å². The molecule has 0 bridgehead atoms. The van der Waals surface area contributed by atoms with Gasteiger partial charge in [-0.3, -0.25) is 20.6 Å². The molecule has 6 nitrogen and oxygen atoms in total. The Morgan fingerprint density at radius 3 is 2.67 bits per heavy atom. The average Bonchev–Trinajstić information content (AvgIpc) is 2.93. The van der Waals surface area contributed by atoms with Crippen LogP contribution in [0.1, 0.15) is 30.0 Å². The molecule has 6 heteroatoms. The van der Waals surface area contributed by atoms with Gasteiger partial charge in [-0.15, -0.1) is 0 Å². The Hall–Kier alpha value is -1.66. The lowest BCUT2D eigenvalue weighted by molar-refractivity contribution is 0.511. The fraction of sp³-hybridized carbons (Fsp3) is 0.500. The number of hydrazine groups is 1. The second-order valence-corrected chi connectivity index (χ2v) is 4.44. The van der Waals surface area contributed by atoms with Crippen LogP contribution in [0.2, 0.25) is 0 Å². The fourth-order valence-electron chi connectivity index (χ4n) is 2.01. The summed E-state index contributed by atoms with van der Waals surface area (Å²) in [5.41, 5.74) is 6.02. The third kappa shape index (κ3) is 2.60. The largest absolute Gasteiger partial charge is 0.275 e. The van der Waals surface area contributed by atoms with Gasteiger partial charge in [0.15, 0.2) is 0 Å². The SMILES string of the molecule is CCc1cc(CC(NN)c2ccn(C)n2)n(C)n1. The van der Waals surface area contributed by atoms with E-state index in [0.717, 1.165) is 29.9 Å². The van der Waals surface area contributed by atoms with Crippen molar-refractivity contribution < 1.29 is 0 Å². The first-order valence-corrected chi connectivity index (χ1v) is 6.11. The molecule has 0 aromatic carbocycles. The molecular formula is C12H20N6. The Labute approximate surface area is 107 Å². The lowest BCUT2D eigenvalue weighted by atomic mass is 10.1. The predicted octanol–water partition coefficient (Wildman–Crippen LogP) is 0.463. The van der Waals surface area contributed by atoms with Crippen LogP contribution >= 0.6 is 0 Å². The van der Waals surface area contributed by atoms with Crippen molar-refractivity contribution in [3.63, 3.8) is 0 Å². The summed E-state index contributed by atoms with van der Waals surface area (Å²) < 4.78 is 3.69. The Bertz CT molecular complexity index is 512. The lowest BCUT2D eigenvalue weighted by Crippen LogP contribution is -2.30. The van der Waals surface area contributed by atoms with Crippen molar-refractivity contribution >= 4 is 0 Å². The zero-order valence-corrected chi connectivity index (χ0v) is 11.1. The van der Waals surface area contributed by atoms with Gasteiger partial charge in [0, 0.05) is 32.4 Å². The van der Waals surface area contributed by atoms with Gasteiger partial charge in [0.05, 0.1) is 17.4 Å². The van der Waals surface area contributed by atoms with E-state index in [-0.39, 0.29) is 6.04 Å². The number of hydrogen-bond donors (Lipinski definition) is 2. The van der Waals surface area contributed by atoms with E-state index in [1.54, 1.807) is 4.68 Å². The smallest absolute Gasteiger partial charge is 0.0811 e. The van der Waals surface area contributed by atoms with Crippen LogP contribution in [0.3, 0.4) is 0 Å². The zero-order chi connectivity index (χ0) is 13.1. The van der Waals surface area contributed by atoms with Crippen molar-refractivity contribution in [3.05, 3.63) is 35.4 Å². The summed E-state index contributed by atoms with van der Waals surface area (Å²) >= 11 is 0. The van der Waals surface area contributed by atoms with Crippen LogP contribution in [0, 0.1) is 0 Å². The van der Waals surface area contributed by atoms with Crippen molar-refractivity contribution in [3.8, 4) is 0 Å². The van der Waals surface area contributed by atoms with Crippen molar-refractivity contribution in [2.45, 2.75) is 25.8 Å². The van der Waals surface area contributed by atoms with E-state index in [1.165, 1.54) is 0 Å². The standard InChI is InChI=1S/C12H20N6/c1-4-9-7-10(18(3)15-9)8-12(14-13)11-5-6-17(2)16-11/h5-7,12,14H,4,8,13H2,1-3H3. The number of hydrogen-bond acceptors (Lipinski definition) is 4. The molecular weight excluding hydrogens is 228 g/mol. The van der Waals surface area contributed by atoms with E-state index < -0.39 is 0 Å². The number of aryl methyl sites for hydroxylation is 3. The molecule has 0 aliphatic heterocycles. The first kappa shape index (κ1) is 12.8. The first-order chi connectivity index (χ1) is 8.63. The van der Waals surface area contributed by atoms with Crippen molar-refractivity contribution in [2.75, 3.05) is 0 Å². The van der Waals surface area contributed by atoms with Gasteiger partial charge in [0.2, 0.25) is 0 Å². The minimum Gasteiger partial charge on any atom is -0.275 e. The number of nitrogens with zero attached hydrogens (tertiary/aromatic N) is 4. The average molecular weight is 248 g/mol. The normalized spacial score (nSPS) is 12.9. The Balaban J connectivity index is 2.17. The topological polar surface area (TPSA) is 73.7 Å². The molecule has 2 aromatic heterocycles. The maximum absolute atomic E-state index is 5.62. The van der Waals surface area contributed by atoms with Crippen molar-refractivity contribution in [2.24, 2.45) is 19.9 Å². The fourth-order valence-corrected chi connectivity index (χ4v) is 2.01. The van der Waals surface area contributed by atoms with Crippen LogP contribution in [0.25, 0.3) is 0 Å². The van der Waals surface area contributed by atoms with Crippen LogP contribution in [-0.4, -0.2) is 19.6 Å². The number of nitrogens with one attached hydrogen (secondary N) is 1. The molecule has 3 N–H and O–H groups in total. The highest BCUT2D eigenvalue weighted by Gasteiger charge is 2.16. The summed E-state index contributed by atoms with van der Waals surface area (Å²) in [7, 11) is 3.86. The number of aromatic nitrogens is 4. The van der Waals surface area contributed by atoms with Gasteiger partial charge in [-0.05, 0) is 18.6 Å². The summed E-state index contributed by atoms with van der Waals surface area (Å²) in [6.45, 7) is 2.10. The summed E-state index contributed by atoms with van der Waals surface area (Å²) in [6, 6.07) is 4.10. The van der Waals surface area contributed by atoms with Crippen LogP contribution in [0.15, 0.2) is 18.3 Å². The van der Waals surface area contributed by atoms with Crippen LogP contribution in [0.5, 0.6) is 0 Å². The third-order valence-corrected chi connectivity index (χ3v) is 3.10. The van der Waals surface area contributed by atoms with Gasteiger partial charge in [0.1, 0.15) is 0 Å². The van der Waals surface area contributed by atoms with E-state index in [1.807, 2.05) is 31.0 Å². The highest BCUT2D eigenvalue weighted by molar-refractivity contribution is 5.15. The molecule has 98 valence electrons. The van der Waals surface area contributed by atoms with Gasteiger partial charge >= 0.3 is 0 Å². The summed E-state index contributed by atoms with van der Waals surface area (Å²) in [5, 5.41) is 8.82. The third-order valence-electron chi connectivity index (χ3n) is 3.10. The second kappa shape index (κ2) is 5.32. The van der Waals surface area contributed by atoms with E-state index in [2.05, 4.69) is 28.6 Å². The molecule has 0 saturated carbocycles. The molecule has 18 heavy (non-hydrogen) atoms. The number of nitrogens with two attached hydrogens (primary N) is 1. The number of rotatable bonds is 5. The second-order valence-electron chi connectivity index (χ2n) is 4.44. The van der Waals surface area contributed by atoms with E-state index in [0.29, 0.717) is 0 Å².